The van der Waals surface area contributed by atoms with Gasteiger partial charge in [-0.05, 0) is 36.8 Å². The van der Waals surface area contributed by atoms with Crippen LogP contribution in [-0.2, 0) is 4.74 Å². The SMILES string of the molecule is COc1ccc([C@@H](CNc2nc3ccccc3nc2C)N2CCOCC2)cc1OC. The number of hydrogen-bond acceptors (Lipinski definition) is 7. The Bertz CT molecular complexity index is 1000. The largest absolute Gasteiger partial charge is 0.493 e. The van der Waals surface area contributed by atoms with Crippen LogP contribution in [0.2, 0.25) is 0 Å². The first-order chi connectivity index (χ1) is 14.7. The van der Waals surface area contributed by atoms with Crippen LogP contribution < -0.4 is 14.8 Å². The van der Waals surface area contributed by atoms with Gasteiger partial charge < -0.3 is 19.5 Å². The number of hydrogen-bond donors (Lipinski definition) is 1. The molecule has 1 aliphatic rings. The van der Waals surface area contributed by atoms with Crippen LogP contribution >= 0.6 is 0 Å². The Kier molecular flexibility index (Phi) is 6.30. The molecule has 0 radical (unpaired) electrons. The summed E-state index contributed by atoms with van der Waals surface area (Å²) in [6.45, 7) is 5.91. The molecule has 3 aromatic rings. The maximum Gasteiger partial charge on any atom is 0.161 e. The summed E-state index contributed by atoms with van der Waals surface area (Å²) in [6.07, 6.45) is 0. The minimum absolute atomic E-state index is 0.140. The standard InChI is InChI=1S/C23H28N4O3/c1-16-23(26-19-7-5-4-6-18(19)25-16)24-15-20(27-10-12-30-13-11-27)17-8-9-21(28-2)22(14-17)29-3/h4-9,14,20H,10-13,15H2,1-3H3,(H,24,26)/t20-/m1/s1. The van der Waals surface area contributed by atoms with Crippen LogP contribution in [0.25, 0.3) is 11.0 Å². The van der Waals surface area contributed by atoms with Gasteiger partial charge in [0, 0.05) is 19.6 Å². The van der Waals surface area contributed by atoms with Crippen molar-refractivity contribution in [1.82, 2.24) is 14.9 Å². The van der Waals surface area contributed by atoms with Gasteiger partial charge in [0.2, 0.25) is 0 Å². The number of para-hydroxylation sites is 2. The molecule has 2 aromatic carbocycles. The second-order valence-corrected chi connectivity index (χ2v) is 7.31. The van der Waals surface area contributed by atoms with E-state index in [0.717, 1.165) is 65.9 Å². The van der Waals surface area contributed by atoms with Crippen molar-refractivity contribution in [3.63, 3.8) is 0 Å². The summed E-state index contributed by atoms with van der Waals surface area (Å²) in [5, 5.41) is 3.54. The van der Waals surface area contributed by atoms with Crippen LogP contribution in [0, 0.1) is 6.92 Å². The second kappa shape index (κ2) is 9.28. The number of fused-ring (bicyclic) bond motifs is 1. The third-order valence-corrected chi connectivity index (χ3v) is 5.49. The molecule has 7 heteroatoms. The number of methoxy groups -OCH3 is 2. The smallest absolute Gasteiger partial charge is 0.161 e. The normalized spacial score (nSPS) is 15.7. The summed E-state index contributed by atoms with van der Waals surface area (Å²) >= 11 is 0. The summed E-state index contributed by atoms with van der Waals surface area (Å²) in [5.41, 5.74) is 3.85. The fourth-order valence-electron chi connectivity index (χ4n) is 3.86. The average molecular weight is 409 g/mol. The summed E-state index contributed by atoms with van der Waals surface area (Å²) in [4.78, 5) is 11.9. The van der Waals surface area contributed by atoms with Crippen molar-refractivity contribution in [2.75, 3.05) is 52.4 Å². The van der Waals surface area contributed by atoms with Crippen LogP contribution in [0.4, 0.5) is 5.82 Å². The van der Waals surface area contributed by atoms with E-state index in [1.807, 2.05) is 37.3 Å². The lowest BCUT2D eigenvalue weighted by atomic mass is 10.0. The number of ether oxygens (including phenoxy) is 3. The zero-order valence-electron chi connectivity index (χ0n) is 17.7. The monoisotopic (exact) mass is 408 g/mol. The minimum Gasteiger partial charge on any atom is -0.493 e. The van der Waals surface area contributed by atoms with E-state index in [-0.39, 0.29) is 6.04 Å². The van der Waals surface area contributed by atoms with Crippen LogP contribution in [0.1, 0.15) is 17.3 Å². The average Bonchev–Trinajstić information content (AvgIpc) is 2.80. The number of morpholine rings is 1. The lowest BCUT2D eigenvalue weighted by Crippen LogP contribution is -2.41. The summed E-state index contributed by atoms with van der Waals surface area (Å²) in [6, 6.07) is 14.2. The highest BCUT2D eigenvalue weighted by Crippen LogP contribution is 2.32. The molecule has 158 valence electrons. The third-order valence-electron chi connectivity index (χ3n) is 5.49. The molecule has 0 aliphatic carbocycles. The van der Waals surface area contributed by atoms with Crippen LogP contribution in [-0.4, -0.2) is 61.9 Å². The number of nitrogens with one attached hydrogen (secondary N) is 1. The molecule has 2 heterocycles. The molecular weight excluding hydrogens is 380 g/mol. The minimum atomic E-state index is 0.140. The number of nitrogens with zero attached hydrogens (tertiary/aromatic N) is 3. The Morgan fingerprint density at radius 2 is 1.70 bits per heavy atom. The maximum atomic E-state index is 5.57. The molecular formula is C23H28N4O3. The molecule has 0 unspecified atom stereocenters. The molecule has 1 N–H and O–H groups in total. The van der Waals surface area contributed by atoms with E-state index >= 15 is 0 Å². The lowest BCUT2D eigenvalue weighted by Gasteiger charge is -2.35. The predicted molar refractivity (Wildman–Crippen MR) is 117 cm³/mol. The Hall–Kier alpha value is -2.90. The van der Waals surface area contributed by atoms with Crippen molar-refractivity contribution in [2.24, 2.45) is 0 Å². The number of aryl methyl sites for hydroxylation is 1. The molecule has 1 saturated heterocycles. The third kappa shape index (κ3) is 4.32. The predicted octanol–water partition coefficient (Wildman–Crippen LogP) is 3.44. The fraction of sp³-hybridized carbons (Fsp3) is 0.391. The lowest BCUT2D eigenvalue weighted by molar-refractivity contribution is 0.0186. The first kappa shape index (κ1) is 20.4. The highest BCUT2D eigenvalue weighted by Gasteiger charge is 2.24. The highest BCUT2D eigenvalue weighted by molar-refractivity contribution is 5.76. The maximum absolute atomic E-state index is 5.57. The second-order valence-electron chi connectivity index (χ2n) is 7.31. The zero-order valence-corrected chi connectivity index (χ0v) is 17.7. The first-order valence-electron chi connectivity index (χ1n) is 10.2. The molecule has 0 spiro atoms. The fourth-order valence-corrected chi connectivity index (χ4v) is 3.86. The molecule has 4 rings (SSSR count). The van der Waals surface area contributed by atoms with Crippen LogP contribution in [0.5, 0.6) is 11.5 Å². The van der Waals surface area contributed by atoms with Crippen LogP contribution in [0.3, 0.4) is 0 Å². The number of benzene rings is 2. The van der Waals surface area contributed by atoms with Crippen molar-refractivity contribution in [3.05, 3.63) is 53.7 Å². The first-order valence-corrected chi connectivity index (χ1v) is 10.2. The molecule has 1 atom stereocenters. The van der Waals surface area contributed by atoms with Crippen LogP contribution in [0.15, 0.2) is 42.5 Å². The Morgan fingerprint density at radius 1 is 1.00 bits per heavy atom. The molecule has 1 aliphatic heterocycles. The van der Waals surface area contributed by atoms with E-state index in [4.69, 9.17) is 24.2 Å². The van der Waals surface area contributed by atoms with E-state index in [0.29, 0.717) is 6.54 Å². The van der Waals surface area contributed by atoms with E-state index < -0.39 is 0 Å². The summed E-state index contributed by atoms with van der Waals surface area (Å²) < 4.78 is 16.5. The van der Waals surface area contributed by atoms with Crippen molar-refractivity contribution < 1.29 is 14.2 Å². The Labute approximate surface area is 177 Å². The van der Waals surface area contributed by atoms with Crippen molar-refractivity contribution in [1.29, 1.82) is 0 Å². The topological polar surface area (TPSA) is 68.7 Å². The van der Waals surface area contributed by atoms with Gasteiger partial charge in [-0.25, -0.2) is 9.97 Å². The molecule has 0 saturated carbocycles. The molecule has 0 bridgehead atoms. The van der Waals surface area contributed by atoms with Gasteiger partial charge in [-0.15, -0.1) is 0 Å². The molecule has 1 aromatic heterocycles. The Morgan fingerprint density at radius 3 is 2.40 bits per heavy atom. The number of anilines is 1. The van der Waals surface area contributed by atoms with Gasteiger partial charge in [-0.3, -0.25) is 4.90 Å². The molecule has 30 heavy (non-hydrogen) atoms. The van der Waals surface area contributed by atoms with E-state index in [1.165, 1.54) is 0 Å². The molecule has 7 nitrogen and oxygen atoms in total. The van der Waals surface area contributed by atoms with Gasteiger partial charge in [0.15, 0.2) is 11.5 Å². The van der Waals surface area contributed by atoms with Gasteiger partial charge in [0.05, 0.1) is 50.2 Å². The van der Waals surface area contributed by atoms with Crippen molar-refractivity contribution >= 4 is 16.9 Å². The van der Waals surface area contributed by atoms with E-state index in [1.54, 1.807) is 14.2 Å². The van der Waals surface area contributed by atoms with Crippen molar-refractivity contribution in [3.8, 4) is 11.5 Å². The van der Waals surface area contributed by atoms with Crippen molar-refractivity contribution in [2.45, 2.75) is 13.0 Å². The van der Waals surface area contributed by atoms with E-state index in [2.05, 4.69) is 22.3 Å². The van der Waals surface area contributed by atoms with Gasteiger partial charge in [-0.1, -0.05) is 18.2 Å². The van der Waals surface area contributed by atoms with Gasteiger partial charge in [0.1, 0.15) is 5.82 Å². The summed E-state index contributed by atoms with van der Waals surface area (Å²) in [7, 11) is 3.32. The van der Waals surface area contributed by atoms with Gasteiger partial charge in [0.25, 0.3) is 0 Å². The van der Waals surface area contributed by atoms with Gasteiger partial charge >= 0.3 is 0 Å². The molecule has 1 fully saturated rings. The summed E-state index contributed by atoms with van der Waals surface area (Å²) in [5.74, 6) is 2.27. The van der Waals surface area contributed by atoms with E-state index in [9.17, 15) is 0 Å². The van der Waals surface area contributed by atoms with Gasteiger partial charge in [-0.2, -0.15) is 0 Å². The zero-order chi connectivity index (χ0) is 20.9. The number of aromatic nitrogens is 2. The Balaban J connectivity index is 1.61. The quantitative estimate of drug-likeness (QED) is 0.642. The number of rotatable bonds is 7. The highest BCUT2D eigenvalue weighted by atomic mass is 16.5. The molecule has 0 amide bonds.